The summed E-state index contributed by atoms with van der Waals surface area (Å²) in [6.45, 7) is 2.33. The highest BCUT2D eigenvalue weighted by molar-refractivity contribution is 6.04. The highest BCUT2D eigenvalue weighted by Crippen LogP contribution is 2.23. The molecule has 6 N–H and O–H groups in total. The van der Waals surface area contributed by atoms with Crippen molar-refractivity contribution in [3.63, 3.8) is 0 Å². The van der Waals surface area contributed by atoms with Crippen LogP contribution in [0.2, 0.25) is 0 Å². The molecule has 1 atom stereocenters. The summed E-state index contributed by atoms with van der Waals surface area (Å²) in [5, 5.41) is 5.85. The zero-order chi connectivity index (χ0) is 20.4. The van der Waals surface area contributed by atoms with Gasteiger partial charge in [0.15, 0.2) is 0 Å². The lowest BCUT2D eigenvalue weighted by atomic mass is 10.1. The molecule has 148 valence electrons. The second kappa shape index (κ2) is 10.7. The molecule has 0 radical (unpaired) electrons. The number of amides is 2. The minimum absolute atomic E-state index is 0.0540. The van der Waals surface area contributed by atoms with Crippen molar-refractivity contribution in [2.75, 3.05) is 24.1 Å². The first-order valence-corrected chi connectivity index (χ1v) is 8.82. The number of nitrogen functional groups attached to an aromatic ring is 1. The molecular weight excluding hydrogens is 360 g/mol. The van der Waals surface area contributed by atoms with Crippen LogP contribution in [0.5, 0.6) is 0 Å². The van der Waals surface area contributed by atoms with Gasteiger partial charge >= 0.3 is 0 Å². The largest absolute Gasteiger partial charge is 0.463 e. The molecule has 2 amide bonds. The number of carbonyl (C=O) groups is 3. The second-order valence-electron chi connectivity index (χ2n) is 6.20. The Bertz CT molecular complexity index is 805. The van der Waals surface area contributed by atoms with E-state index in [2.05, 4.69) is 15.4 Å². The molecule has 2 aromatic carbocycles. The molecule has 1 aliphatic heterocycles. The van der Waals surface area contributed by atoms with Gasteiger partial charge in [-0.05, 0) is 30.7 Å². The van der Waals surface area contributed by atoms with Gasteiger partial charge in [0.05, 0.1) is 22.9 Å². The van der Waals surface area contributed by atoms with Gasteiger partial charge in [0.2, 0.25) is 5.91 Å². The maximum atomic E-state index is 11.9. The minimum atomic E-state index is -0.605. The number of benzene rings is 2. The first-order chi connectivity index (χ1) is 13.5. The van der Waals surface area contributed by atoms with Gasteiger partial charge in [0, 0.05) is 6.54 Å². The molecule has 8 heteroatoms. The van der Waals surface area contributed by atoms with Gasteiger partial charge in [0.1, 0.15) is 6.61 Å². The van der Waals surface area contributed by atoms with E-state index in [9.17, 15) is 14.4 Å². The highest BCUT2D eigenvalue weighted by atomic mass is 16.5. The molecule has 1 unspecified atom stereocenters. The van der Waals surface area contributed by atoms with Crippen LogP contribution in [-0.4, -0.2) is 31.4 Å². The molecule has 8 nitrogen and oxygen atoms in total. The molecule has 2 aromatic rings. The van der Waals surface area contributed by atoms with Crippen molar-refractivity contribution in [2.45, 2.75) is 13.0 Å². The van der Waals surface area contributed by atoms with Crippen molar-refractivity contribution in [3.05, 3.63) is 59.7 Å². The number of anilines is 2. The fourth-order valence-corrected chi connectivity index (χ4v) is 2.71. The lowest BCUT2D eigenvalue weighted by Gasteiger charge is -2.13. The van der Waals surface area contributed by atoms with Crippen molar-refractivity contribution >= 4 is 29.7 Å². The number of nitrogens with one attached hydrogen (secondary N) is 2. The molecule has 1 aliphatic rings. The fourth-order valence-electron chi connectivity index (χ4n) is 2.71. The molecule has 1 saturated heterocycles. The van der Waals surface area contributed by atoms with E-state index >= 15 is 0 Å². The number of carbonyl (C=O) groups excluding carboxylic acids is 3. The number of hydrogen-bond acceptors (Lipinski definition) is 6. The average Bonchev–Trinajstić information content (AvgIpc) is 3.24. The van der Waals surface area contributed by atoms with Crippen molar-refractivity contribution in [1.29, 1.82) is 0 Å². The number of ether oxygens (including phenoxy) is 1. The van der Waals surface area contributed by atoms with E-state index in [1.807, 2.05) is 30.3 Å². The summed E-state index contributed by atoms with van der Waals surface area (Å²) >= 11 is 0. The molecule has 0 bridgehead atoms. The van der Waals surface area contributed by atoms with Crippen LogP contribution in [0.1, 0.15) is 22.3 Å². The van der Waals surface area contributed by atoms with Gasteiger partial charge in [-0.15, -0.1) is 0 Å². The number of primary amides is 1. The lowest BCUT2D eigenvalue weighted by molar-refractivity contribution is -0.129. The summed E-state index contributed by atoms with van der Waals surface area (Å²) < 4.78 is 4.54. The molecular formula is C20H24N4O4. The monoisotopic (exact) mass is 384 g/mol. The lowest BCUT2D eigenvalue weighted by Crippen LogP contribution is -2.25. The van der Waals surface area contributed by atoms with Crippen LogP contribution in [0, 0.1) is 5.92 Å². The Kier molecular flexibility index (Phi) is 7.98. The zero-order valence-electron chi connectivity index (χ0n) is 15.4. The van der Waals surface area contributed by atoms with Crippen molar-refractivity contribution < 1.29 is 19.1 Å². The van der Waals surface area contributed by atoms with E-state index in [0.29, 0.717) is 25.3 Å². The van der Waals surface area contributed by atoms with Crippen LogP contribution in [0.3, 0.4) is 0 Å². The predicted molar refractivity (Wildman–Crippen MR) is 106 cm³/mol. The van der Waals surface area contributed by atoms with Crippen LogP contribution in [0.25, 0.3) is 0 Å². The third-order valence-corrected chi connectivity index (χ3v) is 4.22. The fraction of sp³-hybridized carbons (Fsp3) is 0.250. The molecule has 0 aliphatic carbocycles. The molecule has 3 rings (SSSR count). The summed E-state index contributed by atoms with van der Waals surface area (Å²) in [6, 6.07) is 14.4. The van der Waals surface area contributed by atoms with Crippen LogP contribution in [-0.2, 0) is 20.9 Å². The van der Waals surface area contributed by atoms with Crippen LogP contribution in [0.15, 0.2) is 48.5 Å². The van der Waals surface area contributed by atoms with E-state index in [1.54, 1.807) is 12.1 Å². The molecule has 0 aromatic heterocycles. The minimum Gasteiger partial charge on any atom is -0.463 e. The summed E-state index contributed by atoms with van der Waals surface area (Å²) in [5.74, 6) is -0.749. The molecule has 0 spiro atoms. The summed E-state index contributed by atoms with van der Waals surface area (Å²) in [4.78, 5) is 32.8. The van der Waals surface area contributed by atoms with E-state index in [-0.39, 0.29) is 23.1 Å². The van der Waals surface area contributed by atoms with Gasteiger partial charge in [-0.2, -0.15) is 0 Å². The van der Waals surface area contributed by atoms with Crippen LogP contribution in [0.4, 0.5) is 11.4 Å². The Morgan fingerprint density at radius 1 is 1.18 bits per heavy atom. The first kappa shape index (κ1) is 20.9. The Morgan fingerprint density at radius 2 is 1.93 bits per heavy atom. The summed E-state index contributed by atoms with van der Waals surface area (Å²) in [7, 11) is 0. The second-order valence-corrected chi connectivity index (χ2v) is 6.20. The van der Waals surface area contributed by atoms with Gasteiger partial charge in [-0.25, -0.2) is 0 Å². The molecule has 1 fully saturated rings. The number of hydrogen-bond donors (Lipinski definition) is 4. The van der Waals surface area contributed by atoms with E-state index < -0.39 is 5.91 Å². The maximum absolute atomic E-state index is 11.9. The highest BCUT2D eigenvalue weighted by Gasteiger charge is 2.23. The number of para-hydroxylation sites is 1. The SMILES string of the molecule is NC(=O)c1cccc(NC(=O)C2CCNC2)c1N.O=COCc1ccccc1. The van der Waals surface area contributed by atoms with Crippen molar-refractivity contribution in [1.82, 2.24) is 5.32 Å². The van der Waals surface area contributed by atoms with Crippen molar-refractivity contribution in [2.24, 2.45) is 11.7 Å². The van der Waals surface area contributed by atoms with Crippen LogP contribution >= 0.6 is 0 Å². The van der Waals surface area contributed by atoms with Gasteiger partial charge in [-0.3, -0.25) is 14.4 Å². The standard InChI is InChI=1S/C12H16N4O2.C8H8O2/c13-10-8(11(14)17)2-1-3-9(10)16-12(18)7-4-5-15-6-7;9-7-10-6-8-4-2-1-3-5-8/h1-3,7,15H,4-6,13H2,(H2,14,17)(H,16,18);1-5,7H,6H2. The van der Waals surface area contributed by atoms with Crippen LogP contribution < -0.4 is 22.1 Å². The Hall–Kier alpha value is -3.39. The third-order valence-electron chi connectivity index (χ3n) is 4.22. The quantitative estimate of drug-likeness (QED) is 0.437. The van der Waals surface area contributed by atoms with E-state index in [1.165, 1.54) is 6.07 Å². The van der Waals surface area contributed by atoms with E-state index in [0.717, 1.165) is 18.5 Å². The molecule has 0 saturated carbocycles. The van der Waals surface area contributed by atoms with Gasteiger partial charge < -0.3 is 26.8 Å². The Labute approximate surface area is 163 Å². The predicted octanol–water partition coefficient (Wildman–Crippen LogP) is 1.28. The first-order valence-electron chi connectivity index (χ1n) is 8.82. The molecule has 1 heterocycles. The topological polar surface area (TPSA) is 137 Å². The Morgan fingerprint density at radius 3 is 2.54 bits per heavy atom. The normalized spacial score (nSPS) is 15.1. The number of rotatable bonds is 6. The molecule has 28 heavy (non-hydrogen) atoms. The van der Waals surface area contributed by atoms with Crippen molar-refractivity contribution in [3.8, 4) is 0 Å². The van der Waals surface area contributed by atoms with Gasteiger partial charge in [-0.1, -0.05) is 36.4 Å². The smallest absolute Gasteiger partial charge is 0.293 e. The summed E-state index contributed by atoms with van der Waals surface area (Å²) in [6.07, 6.45) is 0.807. The maximum Gasteiger partial charge on any atom is 0.293 e. The Balaban J connectivity index is 0.000000237. The average molecular weight is 384 g/mol. The number of nitrogens with two attached hydrogens (primary N) is 2. The van der Waals surface area contributed by atoms with E-state index in [4.69, 9.17) is 11.5 Å². The third kappa shape index (κ3) is 6.10. The van der Waals surface area contributed by atoms with Gasteiger partial charge in [0.25, 0.3) is 12.4 Å². The zero-order valence-corrected chi connectivity index (χ0v) is 15.4. The summed E-state index contributed by atoms with van der Waals surface area (Å²) in [5.41, 5.74) is 12.9.